The maximum Gasteiger partial charge on any atom is 0.292 e. The second-order valence-corrected chi connectivity index (χ2v) is 5.21. The van der Waals surface area contributed by atoms with E-state index in [0.29, 0.717) is 24.5 Å². The molecule has 0 aliphatic carbocycles. The summed E-state index contributed by atoms with van der Waals surface area (Å²) < 4.78 is 10.5. The number of nitrogens with two attached hydrogens (primary N) is 1. The van der Waals surface area contributed by atoms with Crippen molar-refractivity contribution < 1.29 is 19.2 Å². The summed E-state index contributed by atoms with van der Waals surface area (Å²) in [6.45, 7) is 0.334. The Morgan fingerprint density at radius 2 is 1.96 bits per heavy atom. The minimum absolute atomic E-state index is 0.0164. The summed E-state index contributed by atoms with van der Waals surface area (Å²) in [5, 5.41) is 13.6. The third-order valence-electron chi connectivity index (χ3n) is 3.66. The van der Waals surface area contributed by atoms with E-state index < -0.39 is 10.8 Å². The molecule has 0 heterocycles. The van der Waals surface area contributed by atoms with Crippen LogP contribution in [0, 0.1) is 10.1 Å². The van der Waals surface area contributed by atoms with Crippen molar-refractivity contribution in [2.24, 2.45) is 0 Å². The minimum Gasteiger partial charge on any atom is -0.497 e. The first-order chi connectivity index (χ1) is 12.0. The average Bonchev–Trinajstić information content (AvgIpc) is 2.61. The molecule has 8 heteroatoms. The van der Waals surface area contributed by atoms with Crippen molar-refractivity contribution in [3.63, 3.8) is 0 Å². The van der Waals surface area contributed by atoms with E-state index >= 15 is 0 Å². The Hall–Kier alpha value is -3.29. The lowest BCUT2D eigenvalue weighted by Gasteiger charge is -2.11. The van der Waals surface area contributed by atoms with Gasteiger partial charge in [-0.2, -0.15) is 0 Å². The molecule has 2 rings (SSSR count). The number of hydrogen-bond acceptors (Lipinski definition) is 6. The van der Waals surface area contributed by atoms with Crippen LogP contribution in [-0.2, 0) is 6.42 Å². The first kappa shape index (κ1) is 18.1. The summed E-state index contributed by atoms with van der Waals surface area (Å²) in [5.74, 6) is 0.972. The fourth-order valence-corrected chi connectivity index (χ4v) is 2.33. The number of nitrogen functional groups attached to an aromatic ring is 1. The average molecular weight is 345 g/mol. The van der Waals surface area contributed by atoms with Gasteiger partial charge in [0.05, 0.1) is 19.1 Å². The number of methoxy groups -OCH3 is 2. The topological polar surface area (TPSA) is 117 Å². The minimum atomic E-state index is -0.618. The van der Waals surface area contributed by atoms with Gasteiger partial charge in [0.2, 0.25) is 0 Å². The predicted molar refractivity (Wildman–Crippen MR) is 93.1 cm³/mol. The molecule has 0 bridgehead atoms. The molecule has 0 atom stereocenters. The van der Waals surface area contributed by atoms with Gasteiger partial charge < -0.3 is 20.5 Å². The maximum atomic E-state index is 12.2. The second-order valence-electron chi connectivity index (χ2n) is 5.21. The van der Waals surface area contributed by atoms with Gasteiger partial charge in [-0.05, 0) is 42.3 Å². The highest BCUT2D eigenvalue weighted by Crippen LogP contribution is 2.24. The highest BCUT2D eigenvalue weighted by Gasteiger charge is 2.15. The van der Waals surface area contributed by atoms with Crippen LogP contribution >= 0.6 is 0 Å². The number of nitro benzene ring substituents is 1. The molecule has 2 aromatic carbocycles. The first-order valence-corrected chi connectivity index (χ1v) is 7.49. The van der Waals surface area contributed by atoms with Crippen molar-refractivity contribution in [2.75, 3.05) is 26.5 Å². The molecular weight excluding hydrogens is 326 g/mol. The lowest BCUT2D eigenvalue weighted by Crippen LogP contribution is -2.25. The molecule has 8 nitrogen and oxygen atoms in total. The van der Waals surface area contributed by atoms with Crippen LogP contribution in [0.2, 0.25) is 0 Å². The van der Waals surface area contributed by atoms with Crippen LogP contribution in [-0.4, -0.2) is 31.6 Å². The van der Waals surface area contributed by atoms with Crippen LogP contribution in [0.15, 0.2) is 36.4 Å². The zero-order valence-electron chi connectivity index (χ0n) is 13.9. The molecule has 0 radical (unpaired) electrons. The number of anilines is 1. The van der Waals surface area contributed by atoms with Crippen LogP contribution < -0.4 is 20.5 Å². The Labute approximate surface area is 144 Å². The lowest BCUT2D eigenvalue weighted by molar-refractivity contribution is -0.383. The number of hydrogen-bond donors (Lipinski definition) is 2. The zero-order valence-corrected chi connectivity index (χ0v) is 13.9. The van der Waals surface area contributed by atoms with Crippen LogP contribution in [0.3, 0.4) is 0 Å². The summed E-state index contributed by atoms with van der Waals surface area (Å²) in [6, 6.07) is 9.37. The van der Waals surface area contributed by atoms with E-state index in [-0.39, 0.29) is 16.9 Å². The normalized spacial score (nSPS) is 10.2. The molecule has 3 N–H and O–H groups in total. The van der Waals surface area contributed by atoms with E-state index in [2.05, 4.69) is 5.32 Å². The van der Waals surface area contributed by atoms with E-state index in [1.807, 2.05) is 6.07 Å². The fraction of sp³-hybridized carbons (Fsp3) is 0.235. The number of carbonyl (C=O) groups excluding carboxylic acids is 1. The Balaban J connectivity index is 2.04. The Morgan fingerprint density at radius 1 is 1.20 bits per heavy atom. The molecule has 1 amide bonds. The molecule has 0 aliphatic heterocycles. The Morgan fingerprint density at radius 3 is 2.60 bits per heavy atom. The summed E-state index contributed by atoms with van der Waals surface area (Å²) in [5.41, 5.74) is 6.31. The van der Waals surface area contributed by atoms with Crippen molar-refractivity contribution in [3.05, 3.63) is 57.6 Å². The van der Waals surface area contributed by atoms with Gasteiger partial charge in [0.15, 0.2) is 0 Å². The van der Waals surface area contributed by atoms with Gasteiger partial charge >= 0.3 is 0 Å². The molecular formula is C17H19N3O5. The second kappa shape index (κ2) is 8.00. The largest absolute Gasteiger partial charge is 0.497 e. The standard InChI is InChI=1S/C17H19N3O5/c1-24-13-4-6-16(25-2)11(9-13)7-8-19-17(21)12-3-5-14(18)15(10-12)20(22)23/h3-6,9-10H,7-8,18H2,1-2H3,(H,19,21). The first-order valence-electron chi connectivity index (χ1n) is 7.49. The van der Waals surface area contributed by atoms with Gasteiger partial charge in [-0.1, -0.05) is 0 Å². The third kappa shape index (κ3) is 4.37. The predicted octanol–water partition coefficient (Wildman–Crippen LogP) is 2.17. The Bertz CT molecular complexity index is 792. The van der Waals surface area contributed by atoms with Gasteiger partial charge in [-0.3, -0.25) is 14.9 Å². The van der Waals surface area contributed by atoms with Gasteiger partial charge in [0.25, 0.3) is 11.6 Å². The van der Waals surface area contributed by atoms with E-state index in [9.17, 15) is 14.9 Å². The zero-order chi connectivity index (χ0) is 18.4. The molecule has 0 fully saturated rings. The maximum absolute atomic E-state index is 12.2. The molecule has 0 saturated heterocycles. The van der Waals surface area contributed by atoms with Crippen molar-refractivity contribution in [1.82, 2.24) is 5.32 Å². The summed E-state index contributed by atoms with van der Waals surface area (Å²) in [6.07, 6.45) is 0.517. The van der Waals surface area contributed by atoms with Crippen molar-refractivity contribution in [2.45, 2.75) is 6.42 Å². The van der Waals surface area contributed by atoms with E-state index in [4.69, 9.17) is 15.2 Å². The van der Waals surface area contributed by atoms with Crippen LogP contribution in [0.1, 0.15) is 15.9 Å². The molecule has 2 aromatic rings. The molecule has 132 valence electrons. The Kier molecular flexibility index (Phi) is 5.78. The highest BCUT2D eigenvalue weighted by molar-refractivity contribution is 5.95. The number of nitrogens with one attached hydrogen (secondary N) is 1. The smallest absolute Gasteiger partial charge is 0.292 e. The highest BCUT2D eigenvalue weighted by atomic mass is 16.6. The molecule has 25 heavy (non-hydrogen) atoms. The van der Waals surface area contributed by atoms with Crippen molar-refractivity contribution in [1.29, 1.82) is 0 Å². The molecule has 0 spiro atoms. The SMILES string of the molecule is COc1ccc(OC)c(CCNC(=O)c2ccc(N)c([N+](=O)[O-])c2)c1. The monoisotopic (exact) mass is 345 g/mol. The van der Waals surface area contributed by atoms with E-state index in [1.54, 1.807) is 26.4 Å². The molecule has 0 saturated carbocycles. The van der Waals surface area contributed by atoms with Gasteiger partial charge in [0.1, 0.15) is 17.2 Å². The van der Waals surface area contributed by atoms with Gasteiger partial charge in [-0.25, -0.2) is 0 Å². The quantitative estimate of drug-likeness (QED) is 0.451. The van der Waals surface area contributed by atoms with Crippen LogP contribution in [0.5, 0.6) is 11.5 Å². The van der Waals surface area contributed by atoms with E-state index in [1.165, 1.54) is 12.1 Å². The van der Waals surface area contributed by atoms with Crippen LogP contribution in [0.25, 0.3) is 0 Å². The summed E-state index contributed by atoms with van der Waals surface area (Å²) in [4.78, 5) is 22.4. The van der Waals surface area contributed by atoms with E-state index in [0.717, 1.165) is 11.6 Å². The van der Waals surface area contributed by atoms with Crippen molar-refractivity contribution in [3.8, 4) is 11.5 Å². The third-order valence-corrected chi connectivity index (χ3v) is 3.66. The van der Waals surface area contributed by atoms with Gasteiger partial charge in [0, 0.05) is 18.2 Å². The number of amides is 1. The number of carbonyl (C=O) groups is 1. The summed E-state index contributed by atoms with van der Waals surface area (Å²) >= 11 is 0. The fourth-order valence-electron chi connectivity index (χ4n) is 2.33. The molecule has 0 aromatic heterocycles. The number of nitrogens with zero attached hydrogens (tertiary/aromatic N) is 1. The number of benzene rings is 2. The number of rotatable bonds is 7. The summed E-state index contributed by atoms with van der Waals surface area (Å²) in [7, 11) is 3.14. The van der Waals surface area contributed by atoms with Crippen molar-refractivity contribution >= 4 is 17.3 Å². The lowest BCUT2D eigenvalue weighted by atomic mass is 10.1. The number of ether oxygens (including phenoxy) is 2. The van der Waals surface area contributed by atoms with Gasteiger partial charge in [-0.15, -0.1) is 0 Å². The number of nitro groups is 1. The van der Waals surface area contributed by atoms with Crippen LogP contribution in [0.4, 0.5) is 11.4 Å². The molecule has 0 aliphatic rings. The molecule has 0 unspecified atom stereocenters.